The molecule has 1 aromatic carbocycles. The molecule has 0 radical (unpaired) electrons. The molecule has 2 N–H and O–H groups in total. The summed E-state index contributed by atoms with van der Waals surface area (Å²) in [6.07, 6.45) is 9.56. The zero-order valence-electron chi connectivity index (χ0n) is 14.7. The van der Waals surface area contributed by atoms with Gasteiger partial charge in [0.1, 0.15) is 0 Å². The molecule has 0 spiro atoms. The summed E-state index contributed by atoms with van der Waals surface area (Å²) >= 11 is 0. The van der Waals surface area contributed by atoms with Gasteiger partial charge in [0.25, 0.3) is 11.8 Å². The van der Waals surface area contributed by atoms with Crippen LogP contribution in [-0.2, 0) is 0 Å². The molecule has 0 saturated heterocycles. The second-order valence-electron chi connectivity index (χ2n) is 5.54. The minimum absolute atomic E-state index is 0.378. The summed E-state index contributed by atoms with van der Waals surface area (Å²) in [7, 11) is 0. The van der Waals surface area contributed by atoms with Gasteiger partial charge in [0.05, 0.1) is 12.4 Å². The van der Waals surface area contributed by atoms with Crippen molar-refractivity contribution in [1.82, 2.24) is 20.8 Å². The molecule has 0 aliphatic heterocycles. The molecule has 28 heavy (non-hydrogen) atoms. The highest BCUT2D eigenvalue weighted by Gasteiger charge is 2.07. The number of benzene rings is 1. The van der Waals surface area contributed by atoms with Crippen LogP contribution in [0.4, 0.5) is 0 Å². The van der Waals surface area contributed by atoms with Gasteiger partial charge < -0.3 is 0 Å². The molecule has 0 aliphatic carbocycles. The van der Waals surface area contributed by atoms with Gasteiger partial charge in [-0.3, -0.25) is 19.6 Å². The van der Waals surface area contributed by atoms with Crippen molar-refractivity contribution in [3.05, 3.63) is 95.6 Å². The van der Waals surface area contributed by atoms with Crippen LogP contribution in [0.1, 0.15) is 31.8 Å². The summed E-state index contributed by atoms with van der Waals surface area (Å²) in [5.41, 5.74) is 7.24. The van der Waals surface area contributed by atoms with E-state index in [4.69, 9.17) is 0 Å². The van der Waals surface area contributed by atoms with E-state index in [0.717, 1.165) is 11.1 Å². The van der Waals surface area contributed by atoms with Crippen molar-refractivity contribution in [1.29, 1.82) is 0 Å². The maximum atomic E-state index is 12.1. The average molecular weight is 372 g/mol. The highest BCUT2D eigenvalue weighted by Crippen LogP contribution is 2.05. The van der Waals surface area contributed by atoms with Crippen LogP contribution in [0.3, 0.4) is 0 Å². The second-order valence-corrected chi connectivity index (χ2v) is 5.54. The van der Waals surface area contributed by atoms with E-state index in [1.54, 1.807) is 73.3 Å². The fourth-order valence-electron chi connectivity index (χ4n) is 2.13. The van der Waals surface area contributed by atoms with Crippen molar-refractivity contribution >= 4 is 24.2 Å². The molecule has 0 fully saturated rings. The van der Waals surface area contributed by atoms with Gasteiger partial charge in [0.15, 0.2) is 0 Å². The normalized spacial score (nSPS) is 10.9. The third-order valence-electron chi connectivity index (χ3n) is 3.58. The van der Waals surface area contributed by atoms with Gasteiger partial charge in [-0.05, 0) is 59.7 Å². The second kappa shape index (κ2) is 9.48. The Balaban J connectivity index is 1.53. The third kappa shape index (κ3) is 5.40. The number of nitrogens with one attached hydrogen (secondary N) is 2. The molecule has 138 valence electrons. The molecule has 2 amide bonds. The highest BCUT2D eigenvalue weighted by atomic mass is 16.2. The molecular formula is C20H16N6O2. The lowest BCUT2D eigenvalue weighted by Gasteiger charge is -2.02. The molecule has 8 heteroatoms. The van der Waals surface area contributed by atoms with Gasteiger partial charge in [0, 0.05) is 35.9 Å². The number of amides is 2. The van der Waals surface area contributed by atoms with E-state index >= 15 is 0 Å². The monoisotopic (exact) mass is 372 g/mol. The Hall–Kier alpha value is -4.20. The summed E-state index contributed by atoms with van der Waals surface area (Å²) in [5, 5.41) is 7.78. The number of nitrogens with zero attached hydrogens (tertiary/aromatic N) is 4. The van der Waals surface area contributed by atoms with E-state index in [1.165, 1.54) is 12.4 Å². The first kappa shape index (κ1) is 18.6. The number of carbonyl (C=O) groups excluding carboxylic acids is 2. The predicted molar refractivity (Wildman–Crippen MR) is 105 cm³/mol. The van der Waals surface area contributed by atoms with Crippen molar-refractivity contribution in [3.63, 3.8) is 0 Å². The summed E-state index contributed by atoms with van der Waals surface area (Å²) in [4.78, 5) is 32.0. The van der Waals surface area contributed by atoms with E-state index in [0.29, 0.717) is 11.1 Å². The Bertz CT molecular complexity index is 904. The highest BCUT2D eigenvalue weighted by molar-refractivity contribution is 5.98. The molecule has 0 atom stereocenters. The predicted octanol–water partition coefficient (Wildman–Crippen LogP) is 2.00. The fraction of sp³-hybridized carbons (Fsp3) is 0. The number of hydrogen-bond acceptors (Lipinski definition) is 6. The van der Waals surface area contributed by atoms with Gasteiger partial charge in [-0.15, -0.1) is 0 Å². The van der Waals surface area contributed by atoms with Gasteiger partial charge >= 0.3 is 0 Å². The summed E-state index contributed by atoms with van der Waals surface area (Å²) in [6, 6.07) is 13.2. The van der Waals surface area contributed by atoms with Crippen LogP contribution < -0.4 is 10.9 Å². The number of pyridine rings is 2. The summed E-state index contributed by atoms with van der Waals surface area (Å²) < 4.78 is 0. The maximum absolute atomic E-state index is 12.1. The van der Waals surface area contributed by atoms with E-state index < -0.39 is 0 Å². The first-order valence-electron chi connectivity index (χ1n) is 8.29. The molecular weight excluding hydrogens is 356 g/mol. The van der Waals surface area contributed by atoms with Crippen LogP contribution >= 0.6 is 0 Å². The topological polar surface area (TPSA) is 109 Å². The smallest absolute Gasteiger partial charge is 0.267 e. The van der Waals surface area contributed by atoms with Crippen LogP contribution in [0.25, 0.3) is 0 Å². The Morgan fingerprint density at radius 2 is 1.00 bits per heavy atom. The first-order valence-corrected chi connectivity index (χ1v) is 8.29. The van der Waals surface area contributed by atoms with Crippen molar-refractivity contribution in [3.8, 4) is 0 Å². The lowest BCUT2D eigenvalue weighted by atomic mass is 10.1. The molecule has 0 aliphatic rings. The minimum Gasteiger partial charge on any atom is -0.267 e. The van der Waals surface area contributed by atoms with Crippen LogP contribution in [0.2, 0.25) is 0 Å². The van der Waals surface area contributed by atoms with Crippen molar-refractivity contribution in [2.24, 2.45) is 10.2 Å². The number of carbonyl (C=O) groups is 2. The third-order valence-corrected chi connectivity index (χ3v) is 3.58. The minimum atomic E-state index is -0.382. The number of aromatic nitrogens is 2. The quantitative estimate of drug-likeness (QED) is 0.509. The van der Waals surface area contributed by atoms with E-state index in [-0.39, 0.29) is 11.8 Å². The zero-order valence-corrected chi connectivity index (χ0v) is 14.7. The summed E-state index contributed by atoms with van der Waals surface area (Å²) in [5.74, 6) is -0.763. The lowest BCUT2D eigenvalue weighted by molar-refractivity contribution is 0.0943. The van der Waals surface area contributed by atoms with E-state index in [1.807, 2.05) is 0 Å². The Kier molecular flexibility index (Phi) is 6.30. The number of rotatable bonds is 6. The molecule has 3 aromatic rings. The molecule has 2 heterocycles. The number of hydrazone groups is 2. The van der Waals surface area contributed by atoms with Gasteiger partial charge in [-0.25, -0.2) is 10.9 Å². The van der Waals surface area contributed by atoms with Crippen LogP contribution in [-0.4, -0.2) is 34.2 Å². The van der Waals surface area contributed by atoms with Crippen molar-refractivity contribution < 1.29 is 9.59 Å². The molecule has 2 aromatic heterocycles. The Morgan fingerprint density at radius 1 is 0.643 bits per heavy atom. The largest absolute Gasteiger partial charge is 0.271 e. The number of hydrogen-bond donors (Lipinski definition) is 2. The zero-order chi connectivity index (χ0) is 19.6. The first-order chi connectivity index (χ1) is 13.7. The molecule has 8 nitrogen and oxygen atoms in total. The van der Waals surface area contributed by atoms with E-state index in [9.17, 15) is 9.59 Å². The van der Waals surface area contributed by atoms with Gasteiger partial charge in [0.2, 0.25) is 0 Å². The standard InChI is InChI=1S/C20H16N6O2/c27-19(25-23-13-15-5-9-21-10-6-15)17-1-2-18(4-3-17)20(28)26-24-14-16-7-11-22-12-8-16/h1-14H,(H,25,27)(H,26,28). The van der Waals surface area contributed by atoms with Gasteiger partial charge in [-0.2, -0.15) is 10.2 Å². The summed E-state index contributed by atoms with van der Waals surface area (Å²) in [6.45, 7) is 0. The average Bonchev–Trinajstić information content (AvgIpc) is 2.75. The van der Waals surface area contributed by atoms with Crippen molar-refractivity contribution in [2.45, 2.75) is 0 Å². The van der Waals surface area contributed by atoms with Crippen LogP contribution in [0.15, 0.2) is 83.5 Å². The van der Waals surface area contributed by atoms with Crippen LogP contribution in [0, 0.1) is 0 Å². The van der Waals surface area contributed by atoms with Crippen molar-refractivity contribution in [2.75, 3.05) is 0 Å². The van der Waals surface area contributed by atoms with Crippen LogP contribution in [0.5, 0.6) is 0 Å². The molecule has 0 unspecified atom stereocenters. The SMILES string of the molecule is O=C(NN=Cc1ccncc1)c1ccc(C(=O)NN=Cc2ccncc2)cc1. The molecule has 0 bridgehead atoms. The molecule has 3 rings (SSSR count). The van der Waals surface area contributed by atoms with Gasteiger partial charge in [-0.1, -0.05) is 0 Å². The van der Waals surface area contributed by atoms with E-state index in [2.05, 4.69) is 31.0 Å². The maximum Gasteiger partial charge on any atom is 0.271 e. The fourth-order valence-corrected chi connectivity index (χ4v) is 2.13. The Morgan fingerprint density at radius 3 is 1.36 bits per heavy atom. The molecule has 0 saturated carbocycles. The Labute approximate surface area is 161 Å². The lowest BCUT2D eigenvalue weighted by Crippen LogP contribution is -2.19.